The van der Waals surface area contributed by atoms with E-state index in [1.165, 1.54) is 0 Å². The van der Waals surface area contributed by atoms with Crippen LogP contribution in [-0.2, 0) is 22.7 Å². The van der Waals surface area contributed by atoms with Gasteiger partial charge in [0.1, 0.15) is 0 Å². The zero-order valence-corrected chi connectivity index (χ0v) is 22.8. The molecule has 1 amide bonds. The van der Waals surface area contributed by atoms with Crippen LogP contribution in [-0.4, -0.2) is 64.1 Å². The van der Waals surface area contributed by atoms with Gasteiger partial charge in [0.15, 0.2) is 11.5 Å². The summed E-state index contributed by atoms with van der Waals surface area (Å²) in [7, 11) is 0. The van der Waals surface area contributed by atoms with E-state index in [2.05, 4.69) is 12.0 Å². The van der Waals surface area contributed by atoms with Crippen LogP contribution in [0.25, 0.3) is 0 Å². The number of nitrogens with zero attached hydrogens (tertiary/aromatic N) is 4. The number of benzene rings is 2. The Bertz CT molecular complexity index is 1310. The van der Waals surface area contributed by atoms with Crippen LogP contribution < -0.4 is 20.1 Å². The zero-order chi connectivity index (χ0) is 28.1. The van der Waals surface area contributed by atoms with E-state index in [1.54, 1.807) is 10.9 Å². The van der Waals surface area contributed by atoms with Crippen molar-refractivity contribution in [2.45, 2.75) is 51.2 Å². The van der Waals surface area contributed by atoms with Gasteiger partial charge < -0.3 is 25.2 Å². The molecule has 3 N–H and O–H groups in total. The number of fused-ring (bicyclic) bond motifs is 1. The van der Waals surface area contributed by atoms with E-state index in [4.69, 9.17) is 15.2 Å². The van der Waals surface area contributed by atoms with Crippen molar-refractivity contribution in [3.8, 4) is 11.5 Å². The minimum atomic E-state index is -0.874. The Kier molecular flexibility index (Phi) is 8.66. The van der Waals surface area contributed by atoms with Crippen molar-refractivity contribution in [2.24, 2.45) is 11.7 Å². The minimum Gasteiger partial charge on any atom is -0.481 e. The Morgan fingerprint density at radius 2 is 2.00 bits per heavy atom. The van der Waals surface area contributed by atoms with Crippen molar-refractivity contribution in [1.82, 2.24) is 14.7 Å². The Labute approximate surface area is 234 Å². The average molecular weight is 548 g/mol. The van der Waals surface area contributed by atoms with Crippen LogP contribution in [0.5, 0.6) is 11.5 Å². The van der Waals surface area contributed by atoms with Gasteiger partial charge in [-0.3, -0.25) is 19.2 Å². The maximum Gasteiger partial charge on any atom is 0.308 e. The third-order valence-corrected chi connectivity index (χ3v) is 7.90. The molecule has 2 aromatic carbocycles. The number of rotatable bonds is 12. The molecule has 1 fully saturated rings. The maximum absolute atomic E-state index is 13.9. The number of carboxylic acids is 1. The number of carboxylic acid groups (broad SMARTS) is 1. The highest BCUT2D eigenvalue weighted by molar-refractivity contribution is 5.95. The molecule has 212 valence electrons. The fourth-order valence-corrected chi connectivity index (χ4v) is 5.86. The first-order valence-electron chi connectivity index (χ1n) is 13.9. The van der Waals surface area contributed by atoms with Crippen LogP contribution in [0.3, 0.4) is 0 Å². The second-order valence-electron chi connectivity index (χ2n) is 10.4. The number of aromatic nitrogens is 2. The monoisotopic (exact) mass is 547 g/mol. The molecule has 10 heteroatoms. The summed E-state index contributed by atoms with van der Waals surface area (Å²) >= 11 is 0. The van der Waals surface area contributed by atoms with E-state index in [-0.39, 0.29) is 31.2 Å². The molecule has 1 aromatic heterocycles. The van der Waals surface area contributed by atoms with Gasteiger partial charge in [-0.2, -0.15) is 5.10 Å². The molecule has 40 heavy (non-hydrogen) atoms. The van der Waals surface area contributed by atoms with E-state index in [9.17, 15) is 14.7 Å². The lowest BCUT2D eigenvalue weighted by Crippen LogP contribution is -2.45. The number of carbonyl (C=O) groups excluding carboxylic acids is 1. The number of likely N-dealkylation sites (tertiary alicyclic amines) is 1. The summed E-state index contributed by atoms with van der Waals surface area (Å²) in [6.45, 7) is 4.34. The minimum absolute atomic E-state index is 0.0535. The highest BCUT2D eigenvalue weighted by Crippen LogP contribution is 2.43. The number of hydrogen-bond acceptors (Lipinski definition) is 7. The second-order valence-corrected chi connectivity index (χ2v) is 10.4. The lowest BCUT2D eigenvalue weighted by Gasteiger charge is -2.30. The Hall–Kier alpha value is -3.89. The normalized spacial score (nSPS) is 20.1. The summed E-state index contributed by atoms with van der Waals surface area (Å²) in [5.74, 6) is -0.666. The van der Waals surface area contributed by atoms with Crippen LogP contribution in [0.2, 0.25) is 0 Å². The number of carbonyl (C=O) groups is 2. The first-order chi connectivity index (χ1) is 19.5. The molecule has 0 unspecified atom stereocenters. The van der Waals surface area contributed by atoms with Crippen LogP contribution in [0, 0.1) is 5.92 Å². The molecule has 0 bridgehead atoms. The predicted molar refractivity (Wildman–Crippen MR) is 150 cm³/mol. The topological polar surface area (TPSA) is 123 Å². The second kappa shape index (κ2) is 12.5. The van der Waals surface area contributed by atoms with Crippen LogP contribution in [0.1, 0.15) is 43.2 Å². The molecule has 10 nitrogen and oxygen atoms in total. The summed E-state index contributed by atoms with van der Waals surface area (Å²) in [6.07, 6.45) is 5.93. The van der Waals surface area contributed by atoms with Crippen molar-refractivity contribution < 1.29 is 24.2 Å². The lowest BCUT2D eigenvalue weighted by atomic mass is 9.84. The predicted octanol–water partition coefficient (Wildman–Crippen LogP) is 3.46. The summed E-state index contributed by atoms with van der Waals surface area (Å²) in [4.78, 5) is 30.5. The number of aliphatic carboxylic acids is 1. The fraction of sp³-hybridized carbons (Fsp3) is 0.433. The number of aryl methyl sites for hydroxylation is 1. The van der Waals surface area contributed by atoms with Crippen molar-refractivity contribution in [1.29, 1.82) is 0 Å². The highest BCUT2D eigenvalue weighted by Gasteiger charge is 2.47. The van der Waals surface area contributed by atoms with E-state index in [0.29, 0.717) is 44.1 Å². The van der Waals surface area contributed by atoms with Crippen molar-refractivity contribution >= 4 is 17.6 Å². The maximum atomic E-state index is 13.9. The molecule has 2 aliphatic heterocycles. The summed E-state index contributed by atoms with van der Waals surface area (Å²) < 4.78 is 12.9. The summed E-state index contributed by atoms with van der Waals surface area (Å²) in [5.41, 5.74) is 8.52. The Balaban J connectivity index is 1.43. The number of nitrogens with two attached hydrogens (primary N) is 1. The van der Waals surface area contributed by atoms with Crippen molar-refractivity contribution in [2.75, 3.05) is 31.3 Å². The molecule has 3 aromatic rings. The molecule has 2 aliphatic rings. The van der Waals surface area contributed by atoms with Gasteiger partial charge in [-0.05, 0) is 54.3 Å². The van der Waals surface area contributed by atoms with Gasteiger partial charge in [0.05, 0.1) is 12.5 Å². The standard InChI is InChI=1S/C30H37N5O5/c1-2-3-13-35(23-7-4-6-21(15-23)17-31)28(36)19-33-18-24(22-8-9-26-27(16-22)40-20-39-26)29(30(37)38)25(33)10-14-34-12-5-11-32-34/h4-9,11-12,15-16,24-25,29H,2-3,10,13-14,17-20,31H2,1H3,(H,37,38)/t24-,25+,29-/m1/s1. The molecular formula is C30H37N5O5. The zero-order valence-electron chi connectivity index (χ0n) is 22.8. The Morgan fingerprint density at radius 3 is 2.75 bits per heavy atom. The molecule has 1 saturated heterocycles. The SMILES string of the molecule is CCCCN(C(=O)CN1C[C@H](c2ccc3c(c2)OCO3)[C@@H](C(=O)O)[C@@H]1CCn1cccn1)c1cccc(CN)c1. The molecular weight excluding hydrogens is 510 g/mol. The van der Waals surface area contributed by atoms with Gasteiger partial charge >= 0.3 is 5.97 Å². The van der Waals surface area contributed by atoms with Gasteiger partial charge in [-0.15, -0.1) is 0 Å². The lowest BCUT2D eigenvalue weighted by molar-refractivity contribution is -0.143. The van der Waals surface area contributed by atoms with Crippen LogP contribution >= 0.6 is 0 Å². The largest absolute Gasteiger partial charge is 0.481 e. The van der Waals surface area contributed by atoms with Gasteiger partial charge in [0, 0.05) is 56.2 Å². The Morgan fingerprint density at radius 1 is 1.15 bits per heavy atom. The van der Waals surface area contributed by atoms with Gasteiger partial charge in [0.25, 0.3) is 0 Å². The van der Waals surface area contributed by atoms with Crippen LogP contribution in [0.4, 0.5) is 5.69 Å². The molecule has 0 radical (unpaired) electrons. The quantitative estimate of drug-likeness (QED) is 0.353. The number of amides is 1. The number of unbranched alkanes of at least 4 members (excludes halogenated alkanes) is 1. The number of ether oxygens (including phenoxy) is 2. The summed E-state index contributed by atoms with van der Waals surface area (Å²) in [6, 6.07) is 14.9. The van der Waals surface area contributed by atoms with Crippen molar-refractivity contribution in [3.63, 3.8) is 0 Å². The van der Waals surface area contributed by atoms with E-state index < -0.39 is 11.9 Å². The highest BCUT2D eigenvalue weighted by atomic mass is 16.7. The smallest absolute Gasteiger partial charge is 0.308 e. The van der Waals surface area contributed by atoms with Gasteiger partial charge in [-0.1, -0.05) is 31.5 Å². The van der Waals surface area contributed by atoms with Gasteiger partial charge in [0.2, 0.25) is 12.7 Å². The fourth-order valence-electron chi connectivity index (χ4n) is 5.86. The molecule has 0 saturated carbocycles. The number of hydrogen-bond donors (Lipinski definition) is 2. The first-order valence-corrected chi connectivity index (χ1v) is 13.9. The van der Waals surface area contributed by atoms with E-state index in [1.807, 2.05) is 64.5 Å². The number of anilines is 1. The van der Waals surface area contributed by atoms with Gasteiger partial charge in [-0.25, -0.2) is 0 Å². The van der Waals surface area contributed by atoms with Crippen LogP contribution in [0.15, 0.2) is 60.9 Å². The molecule has 3 heterocycles. The molecule has 0 aliphatic carbocycles. The van der Waals surface area contributed by atoms with E-state index >= 15 is 0 Å². The molecule has 3 atom stereocenters. The summed E-state index contributed by atoms with van der Waals surface area (Å²) in [5, 5.41) is 14.8. The third-order valence-electron chi connectivity index (χ3n) is 7.90. The molecule has 0 spiro atoms. The molecule has 5 rings (SSSR count). The van der Waals surface area contributed by atoms with Crippen molar-refractivity contribution in [3.05, 3.63) is 72.1 Å². The third kappa shape index (κ3) is 5.97. The average Bonchev–Trinajstić information content (AvgIpc) is 3.72. The first kappa shape index (κ1) is 27.7. The van der Waals surface area contributed by atoms with E-state index in [0.717, 1.165) is 29.7 Å².